The number of hydrogen-bond acceptors (Lipinski definition) is 5. The van der Waals surface area contributed by atoms with Crippen LogP contribution in [0, 0.1) is 0 Å². The molecule has 3 N–H and O–H groups in total. The molecule has 0 saturated carbocycles. The third-order valence-electron chi connectivity index (χ3n) is 1.68. The molecule has 0 aromatic heterocycles. The van der Waals surface area contributed by atoms with Crippen LogP contribution in [-0.4, -0.2) is 24.5 Å². The Hall–Kier alpha value is -2.04. The normalized spacial score (nSPS) is 10.4. The van der Waals surface area contributed by atoms with Crippen LogP contribution >= 0.6 is 0 Å². The molecule has 5 nitrogen and oxygen atoms in total. The highest BCUT2D eigenvalue weighted by atomic mass is 16.5. The first-order valence-corrected chi connectivity index (χ1v) is 3.84. The van der Waals surface area contributed by atoms with Gasteiger partial charge < -0.3 is 15.7 Å². The predicted octanol–water partition coefficient (Wildman–Crippen LogP) is 0.863. The Morgan fingerprint density at radius 3 is 2.93 bits per heavy atom. The number of methoxy groups -OCH3 is 1. The van der Waals surface area contributed by atoms with Crippen LogP contribution in [0.3, 0.4) is 0 Å². The Kier molecular flexibility index (Phi) is 3.06. The fourth-order valence-corrected chi connectivity index (χ4v) is 1.05. The minimum Gasteiger partial charge on any atom is -0.465 e. The lowest BCUT2D eigenvalue weighted by Gasteiger charge is -2.03. The Bertz CT molecular complexity index is 374. The first kappa shape index (κ1) is 10.0. The molecule has 0 radical (unpaired) electrons. The van der Waals surface area contributed by atoms with Crippen molar-refractivity contribution in [3.8, 4) is 0 Å². The van der Waals surface area contributed by atoms with Crippen molar-refractivity contribution in [2.75, 3.05) is 12.8 Å². The summed E-state index contributed by atoms with van der Waals surface area (Å²) in [6.07, 6.45) is 1.13. The molecule has 5 heteroatoms. The smallest absolute Gasteiger partial charge is 0.338 e. The Balaban J connectivity index is 3.21. The Morgan fingerprint density at radius 1 is 1.64 bits per heavy atom. The van der Waals surface area contributed by atoms with E-state index in [1.165, 1.54) is 19.2 Å². The zero-order chi connectivity index (χ0) is 10.6. The van der Waals surface area contributed by atoms with E-state index in [1.807, 2.05) is 0 Å². The summed E-state index contributed by atoms with van der Waals surface area (Å²) >= 11 is 0. The van der Waals surface area contributed by atoms with E-state index in [-0.39, 0.29) is 0 Å². The number of carbonyl (C=O) groups excluding carboxylic acids is 1. The van der Waals surface area contributed by atoms with Crippen LogP contribution in [0.4, 0.5) is 5.69 Å². The SMILES string of the molecule is COC(=O)c1ccc(N)cc1/C=N\O. The average molecular weight is 194 g/mol. The first-order chi connectivity index (χ1) is 6.69. The molecule has 0 unspecified atom stereocenters. The van der Waals surface area contributed by atoms with Gasteiger partial charge in [0, 0.05) is 11.3 Å². The van der Waals surface area contributed by atoms with Crippen LogP contribution in [-0.2, 0) is 4.74 Å². The molecule has 0 heterocycles. The fraction of sp³-hybridized carbons (Fsp3) is 0.111. The molecule has 1 rings (SSSR count). The quantitative estimate of drug-likeness (QED) is 0.240. The van der Waals surface area contributed by atoms with E-state index < -0.39 is 5.97 Å². The summed E-state index contributed by atoms with van der Waals surface area (Å²) in [5, 5.41) is 11.2. The topological polar surface area (TPSA) is 84.9 Å². The summed E-state index contributed by atoms with van der Waals surface area (Å²) in [5.41, 5.74) is 6.70. The van der Waals surface area contributed by atoms with Crippen molar-refractivity contribution < 1.29 is 14.7 Å². The summed E-state index contributed by atoms with van der Waals surface area (Å²) in [4.78, 5) is 11.2. The number of nitrogens with two attached hydrogens (primary N) is 1. The lowest BCUT2D eigenvalue weighted by atomic mass is 10.1. The highest BCUT2D eigenvalue weighted by Crippen LogP contribution is 2.12. The summed E-state index contributed by atoms with van der Waals surface area (Å²) in [6.45, 7) is 0. The van der Waals surface area contributed by atoms with Gasteiger partial charge in [-0.05, 0) is 18.2 Å². The van der Waals surface area contributed by atoms with Crippen molar-refractivity contribution >= 4 is 17.9 Å². The van der Waals surface area contributed by atoms with Gasteiger partial charge in [-0.1, -0.05) is 5.16 Å². The maximum atomic E-state index is 11.2. The number of rotatable bonds is 2. The second-order valence-corrected chi connectivity index (χ2v) is 2.58. The molecule has 0 atom stereocenters. The number of nitrogen functional groups attached to an aromatic ring is 1. The van der Waals surface area contributed by atoms with Gasteiger partial charge in [0.1, 0.15) is 0 Å². The van der Waals surface area contributed by atoms with Crippen LogP contribution in [0.2, 0.25) is 0 Å². The molecule has 1 aromatic rings. The largest absolute Gasteiger partial charge is 0.465 e. The van der Waals surface area contributed by atoms with Crippen molar-refractivity contribution in [3.63, 3.8) is 0 Å². The summed E-state index contributed by atoms with van der Waals surface area (Å²) in [7, 11) is 1.28. The molecule has 1 aromatic carbocycles. The number of hydrogen-bond donors (Lipinski definition) is 2. The fourth-order valence-electron chi connectivity index (χ4n) is 1.05. The standard InChI is InChI=1S/C9H10N2O3/c1-14-9(12)8-3-2-7(10)4-6(8)5-11-13/h2-5,13H,10H2,1H3/b11-5-. The number of benzene rings is 1. The van der Waals surface area contributed by atoms with Gasteiger partial charge in [0.15, 0.2) is 0 Å². The molecule has 74 valence electrons. The predicted molar refractivity (Wildman–Crippen MR) is 51.6 cm³/mol. The zero-order valence-corrected chi connectivity index (χ0v) is 7.60. The van der Waals surface area contributed by atoms with Crippen molar-refractivity contribution in [2.24, 2.45) is 5.16 Å². The van der Waals surface area contributed by atoms with Gasteiger partial charge in [-0.2, -0.15) is 0 Å². The van der Waals surface area contributed by atoms with Gasteiger partial charge >= 0.3 is 5.97 Å². The Labute approximate surface area is 80.8 Å². The highest BCUT2D eigenvalue weighted by Gasteiger charge is 2.10. The number of carbonyl (C=O) groups is 1. The van der Waals surface area contributed by atoms with Gasteiger partial charge in [-0.3, -0.25) is 0 Å². The monoisotopic (exact) mass is 194 g/mol. The van der Waals surface area contributed by atoms with E-state index in [0.29, 0.717) is 16.8 Å². The van der Waals surface area contributed by atoms with Gasteiger partial charge in [0.2, 0.25) is 0 Å². The number of anilines is 1. The van der Waals surface area contributed by atoms with E-state index >= 15 is 0 Å². The van der Waals surface area contributed by atoms with Crippen molar-refractivity contribution in [1.29, 1.82) is 0 Å². The lowest BCUT2D eigenvalue weighted by molar-refractivity contribution is 0.0600. The van der Waals surface area contributed by atoms with Crippen molar-refractivity contribution in [1.82, 2.24) is 0 Å². The third-order valence-corrected chi connectivity index (χ3v) is 1.68. The third kappa shape index (κ3) is 2.01. The van der Waals surface area contributed by atoms with Crippen molar-refractivity contribution in [3.05, 3.63) is 29.3 Å². The van der Waals surface area contributed by atoms with Crippen LogP contribution in [0.5, 0.6) is 0 Å². The maximum Gasteiger partial charge on any atom is 0.338 e. The first-order valence-electron chi connectivity index (χ1n) is 3.84. The van der Waals surface area contributed by atoms with E-state index in [4.69, 9.17) is 10.9 Å². The van der Waals surface area contributed by atoms with Gasteiger partial charge in [-0.25, -0.2) is 4.79 Å². The van der Waals surface area contributed by atoms with Crippen LogP contribution < -0.4 is 5.73 Å². The zero-order valence-electron chi connectivity index (χ0n) is 7.60. The highest BCUT2D eigenvalue weighted by molar-refractivity contribution is 5.99. The maximum absolute atomic E-state index is 11.2. The molecule has 0 saturated heterocycles. The van der Waals surface area contributed by atoms with E-state index in [0.717, 1.165) is 6.21 Å². The molecule has 0 amide bonds. The van der Waals surface area contributed by atoms with Crippen LogP contribution in [0.15, 0.2) is 23.4 Å². The summed E-state index contributed by atoms with van der Waals surface area (Å²) in [6, 6.07) is 4.60. The number of oxime groups is 1. The van der Waals surface area contributed by atoms with Crippen LogP contribution in [0.1, 0.15) is 15.9 Å². The van der Waals surface area contributed by atoms with Crippen molar-refractivity contribution in [2.45, 2.75) is 0 Å². The summed E-state index contributed by atoms with van der Waals surface area (Å²) < 4.78 is 4.54. The Morgan fingerprint density at radius 2 is 2.36 bits per heavy atom. The molecule has 14 heavy (non-hydrogen) atoms. The molecule has 0 spiro atoms. The molecule has 0 aliphatic rings. The number of esters is 1. The second kappa shape index (κ2) is 4.27. The molecule has 0 aliphatic heterocycles. The molecular formula is C9H10N2O3. The average Bonchev–Trinajstić information content (AvgIpc) is 2.17. The molecular weight excluding hydrogens is 184 g/mol. The van der Waals surface area contributed by atoms with E-state index in [9.17, 15) is 4.79 Å². The molecule has 0 fully saturated rings. The van der Waals surface area contributed by atoms with Gasteiger partial charge in [0.25, 0.3) is 0 Å². The molecule has 0 aliphatic carbocycles. The number of ether oxygens (including phenoxy) is 1. The van der Waals surface area contributed by atoms with Gasteiger partial charge in [0.05, 0.1) is 18.9 Å². The summed E-state index contributed by atoms with van der Waals surface area (Å²) in [5.74, 6) is -0.500. The molecule has 0 bridgehead atoms. The number of nitrogens with zero attached hydrogens (tertiary/aromatic N) is 1. The lowest BCUT2D eigenvalue weighted by Crippen LogP contribution is -2.06. The van der Waals surface area contributed by atoms with E-state index in [2.05, 4.69) is 9.89 Å². The van der Waals surface area contributed by atoms with Crippen LogP contribution in [0.25, 0.3) is 0 Å². The second-order valence-electron chi connectivity index (χ2n) is 2.58. The minimum absolute atomic E-state index is 0.305. The minimum atomic E-state index is -0.500. The van der Waals surface area contributed by atoms with Gasteiger partial charge in [-0.15, -0.1) is 0 Å². The van der Waals surface area contributed by atoms with E-state index in [1.54, 1.807) is 6.07 Å².